The van der Waals surface area contributed by atoms with Crippen LogP contribution in [0.25, 0.3) is 10.8 Å². The van der Waals surface area contributed by atoms with E-state index in [1.54, 1.807) is 30.3 Å². The number of carboxylic acids is 2. The summed E-state index contributed by atoms with van der Waals surface area (Å²) in [5.41, 5.74) is -0.350. The van der Waals surface area contributed by atoms with Gasteiger partial charge in [0.25, 0.3) is 0 Å². The average Bonchev–Trinajstić information content (AvgIpc) is 2.27. The third kappa shape index (κ3) is 2.34. The van der Waals surface area contributed by atoms with Gasteiger partial charge in [0.1, 0.15) is 0 Å². The third-order valence-corrected chi connectivity index (χ3v) is 2.37. The maximum atomic E-state index is 11.1. The summed E-state index contributed by atoms with van der Waals surface area (Å²) in [4.78, 5) is 22.0. The summed E-state index contributed by atoms with van der Waals surface area (Å²) in [5.74, 6) is -2.46. The molecule has 2 aromatic rings. The van der Waals surface area contributed by atoms with Gasteiger partial charge in [0.2, 0.25) is 0 Å². The van der Waals surface area contributed by atoms with Crippen molar-refractivity contribution < 1.29 is 39.3 Å². The molecule has 0 unspecified atom stereocenters. The van der Waals surface area contributed by atoms with Gasteiger partial charge in [0, 0.05) is 19.5 Å². The summed E-state index contributed by atoms with van der Waals surface area (Å²) in [6.07, 6.45) is 0. The molecule has 0 aromatic heterocycles. The number of aromatic carboxylic acids is 2. The molecule has 5 heteroatoms. The summed E-state index contributed by atoms with van der Waals surface area (Å²) < 4.78 is 0. The maximum Gasteiger partial charge on any atom is 0.337 e. The van der Waals surface area contributed by atoms with E-state index in [0.29, 0.717) is 10.8 Å². The van der Waals surface area contributed by atoms with E-state index < -0.39 is 11.9 Å². The number of carboxylic acid groups (broad SMARTS) is 2. The standard InChI is InChI=1S/C12H8O4.Ru/c13-11(14)9-6-5-7-3-1-2-4-8(7)10(9)12(15)16;/h1-6H,(H,13,14)(H,15,16);. The SMILES string of the molecule is O=C(O)c1ccc2ccccc2c1C(=O)O.[Ru]. The molecule has 2 aromatic carbocycles. The zero-order valence-corrected chi connectivity index (χ0v) is 10.3. The summed E-state index contributed by atoms with van der Waals surface area (Å²) in [7, 11) is 0. The van der Waals surface area contributed by atoms with Gasteiger partial charge in [-0.1, -0.05) is 30.3 Å². The Kier molecular flexibility index (Phi) is 3.97. The van der Waals surface area contributed by atoms with Crippen LogP contribution < -0.4 is 0 Å². The van der Waals surface area contributed by atoms with E-state index in [1.807, 2.05) is 0 Å². The van der Waals surface area contributed by atoms with Crippen LogP contribution in [-0.4, -0.2) is 22.2 Å². The van der Waals surface area contributed by atoms with Crippen molar-refractivity contribution in [2.75, 3.05) is 0 Å². The Bertz CT molecular complexity index is 592. The Balaban J connectivity index is 0.00000144. The first-order valence-corrected chi connectivity index (χ1v) is 4.59. The number of carbonyl (C=O) groups is 2. The molecular weight excluding hydrogens is 309 g/mol. The molecule has 0 aliphatic carbocycles. The molecule has 0 heterocycles. The van der Waals surface area contributed by atoms with E-state index in [1.165, 1.54) is 6.07 Å². The van der Waals surface area contributed by atoms with Crippen LogP contribution in [0.2, 0.25) is 0 Å². The van der Waals surface area contributed by atoms with E-state index in [-0.39, 0.29) is 30.6 Å². The predicted molar refractivity (Wildman–Crippen MR) is 57.9 cm³/mol. The van der Waals surface area contributed by atoms with Crippen LogP contribution in [-0.2, 0) is 19.5 Å². The number of fused-ring (bicyclic) bond motifs is 1. The summed E-state index contributed by atoms with van der Waals surface area (Å²) in [6, 6.07) is 9.72. The topological polar surface area (TPSA) is 74.6 Å². The summed E-state index contributed by atoms with van der Waals surface area (Å²) >= 11 is 0. The Morgan fingerprint density at radius 2 is 1.53 bits per heavy atom. The van der Waals surface area contributed by atoms with Gasteiger partial charge in [-0.3, -0.25) is 0 Å². The van der Waals surface area contributed by atoms with E-state index in [0.717, 1.165) is 0 Å². The van der Waals surface area contributed by atoms with E-state index in [4.69, 9.17) is 10.2 Å². The minimum Gasteiger partial charge on any atom is -0.478 e. The van der Waals surface area contributed by atoms with Crippen molar-refractivity contribution in [3.8, 4) is 0 Å². The molecule has 4 nitrogen and oxygen atoms in total. The van der Waals surface area contributed by atoms with Crippen LogP contribution in [0, 0.1) is 0 Å². The maximum absolute atomic E-state index is 11.1. The zero-order chi connectivity index (χ0) is 11.7. The predicted octanol–water partition coefficient (Wildman–Crippen LogP) is 2.23. The van der Waals surface area contributed by atoms with Crippen LogP contribution >= 0.6 is 0 Å². The van der Waals surface area contributed by atoms with Crippen LogP contribution in [0.3, 0.4) is 0 Å². The smallest absolute Gasteiger partial charge is 0.337 e. The summed E-state index contributed by atoms with van der Waals surface area (Å²) in [6.45, 7) is 0. The van der Waals surface area contributed by atoms with Crippen molar-refractivity contribution in [1.82, 2.24) is 0 Å². The van der Waals surface area contributed by atoms with Gasteiger partial charge in [-0.2, -0.15) is 0 Å². The monoisotopic (exact) mass is 318 g/mol. The van der Waals surface area contributed by atoms with E-state index in [2.05, 4.69) is 0 Å². The Hall–Kier alpha value is -1.74. The van der Waals surface area contributed by atoms with Crippen molar-refractivity contribution >= 4 is 22.7 Å². The van der Waals surface area contributed by atoms with Gasteiger partial charge in [-0.15, -0.1) is 0 Å². The van der Waals surface area contributed by atoms with Gasteiger partial charge in [-0.25, -0.2) is 9.59 Å². The quantitative estimate of drug-likeness (QED) is 0.833. The van der Waals surface area contributed by atoms with Gasteiger partial charge < -0.3 is 10.2 Å². The largest absolute Gasteiger partial charge is 0.478 e. The van der Waals surface area contributed by atoms with Crippen LogP contribution in [0.1, 0.15) is 20.7 Å². The van der Waals surface area contributed by atoms with Crippen molar-refractivity contribution in [1.29, 1.82) is 0 Å². The molecule has 2 N–H and O–H groups in total. The van der Waals surface area contributed by atoms with Gasteiger partial charge in [0.05, 0.1) is 11.1 Å². The molecule has 0 atom stereocenters. The number of benzene rings is 2. The van der Waals surface area contributed by atoms with Gasteiger partial charge in [0.15, 0.2) is 0 Å². The second-order valence-electron chi connectivity index (χ2n) is 3.32. The van der Waals surface area contributed by atoms with Crippen molar-refractivity contribution in [2.45, 2.75) is 0 Å². The molecule has 0 fully saturated rings. The van der Waals surface area contributed by atoms with Crippen molar-refractivity contribution in [3.05, 3.63) is 47.5 Å². The molecule has 0 saturated heterocycles. The second-order valence-corrected chi connectivity index (χ2v) is 3.32. The van der Waals surface area contributed by atoms with Gasteiger partial charge in [-0.05, 0) is 16.8 Å². The third-order valence-electron chi connectivity index (χ3n) is 2.37. The fourth-order valence-corrected chi connectivity index (χ4v) is 1.68. The molecule has 17 heavy (non-hydrogen) atoms. The summed E-state index contributed by atoms with van der Waals surface area (Å²) in [5, 5.41) is 19.1. The molecule has 2 rings (SSSR count). The number of rotatable bonds is 2. The van der Waals surface area contributed by atoms with Crippen molar-refractivity contribution in [2.24, 2.45) is 0 Å². The minimum absolute atomic E-state index is 0. The first kappa shape index (κ1) is 13.3. The first-order chi connectivity index (χ1) is 7.61. The Morgan fingerprint density at radius 1 is 0.882 bits per heavy atom. The van der Waals surface area contributed by atoms with E-state index in [9.17, 15) is 9.59 Å². The molecule has 0 bridgehead atoms. The van der Waals surface area contributed by atoms with Crippen molar-refractivity contribution in [3.63, 3.8) is 0 Å². The molecule has 0 spiro atoms. The zero-order valence-electron chi connectivity index (χ0n) is 8.53. The first-order valence-electron chi connectivity index (χ1n) is 4.59. The van der Waals surface area contributed by atoms with Crippen LogP contribution in [0.15, 0.2) is 36.4 Å². The molecule has 0 aliphatic rings. The van der Waals surface area contributed by atoms with E-state index >= 15 is 0 Å². The Morgan fingerprint density at radius 3 is 2.12 bits per heavy atom. The molecule has 88 valence electrons. The number of hydrogen-bond acceptors (Lipinski definition) is 2. The fraction of sp³-hybridized carbons (Fsp3) is 0. The fourth-order valence-electron chi connectivity index (χ4n) is 1.68. The minimum atomic E-state index is -1.23. The Labute approximate surface area is 110 Å². The normalized spacial score (nSPS) is 9.65. The van der Waals surface area contributed by atoms with Gasteiger partial charge >= 0.3 is 11.9 Å². The molecule has 0 radical (unpaired) electrons. The molecule has 0 amide bonds. The molecular formula is C12H8O4Ru. The molecule has 0 aliphatic heterocycles. The second kappa shape index (κ2) is 5.06. The molecule has 0 saturated carbocycles. The average molecular weight is 317 g/mol. The van der Waals surface area contributed by atoms with Crippen LogP contribution in [0.4, 0.5) is 0 Å². The van der Waals surface area contributed by atoms with Crippen LogP contribution in [0.5, 0.6) is 0 Å². The number of hydrogen-bond donors (Lipinski definition) is 2.